The Labute approximate surface area is 182 Å². The van der Waals surface area contributed by atoms with Crippen LogP contribution in [-0.2, 0) is 0 Å². The number of carbonyl (C=O) groups excluding carboxylic acids is 1. The lowest BCUT2D eigenvalue weighted by atomic mass is 10.2. The van der Waals surface area contributed by atoms with Crippen LogP contribution in [0.2, 0.25) is 0 Å². The number of benzene rings is 3. The van der Waals surface area contributed by atoms with Gasteiger partial charge in [0.25, 0.3) is 12.5 Å². The van der Waals surface area contributed by atoms with Gasteiger partial charge in [-0.3, -0.25) is 0 Å². The van der Waals surface area contributed by atoms with Crippen molar-refractivity contribution in [2.45, 2.75) is 0 Å². The van der Waals surface area contributed by atoms with E-state index >= 15 is 0 Å². The smallest absolute Gasteiger partial charge is 0.343 e. The Hall–Kier alpha value is -5.33. The molecular weight excluding hydrogens is 414 g/mol. The van der Waals surface area contributed by atoms with Crippen molar-refractivity contribution >= 4 is 11.9 Å². The van der Waals surface area contributed by atoms with Gasteiger partial charge in [0.2, 0.25) is 0 Å². The summed E-state index contributed by atoms with van der Waals surface area (Å²) in [5, 5.41) is 33.6. The van der Waals surface area contributed by atoms with E-state index in [0.717, 1.165) is 0 Å². The van der Waals surface area contributed by atoms with Gasteiger partial charge in [0.15, 0.2) is 0 Å². The van der Waals surface area contributed by atoms with Gasteiger partial charge in [-0.25, -0.2) is 9.59 Å². The molecule has 9 heteroatoms. The summed E-state index contributed by atoms with van der Waals surface area (Å²) in [6.45, 7) is 0. The van der Waals surface area contributed by atoms with Crippen LogP contribution in [0, 0.1) is 34.4 Å². The fourth-order valence-corrected chi connectivity index (χ4v) is 2.19. The number of aromatic carboxylic acids is 1. The third-order valence-corrected chi connectivity index (χ3v) is 3.71. The van der Waals surface area contributed by atoms with Crippen LogP contribution in [-0.4, -0.2) is 17.0 Å². The summed E-state index contributed by atoms with van der Waals surface area (Å²) in [4.78, 5) is 22.2. The lowest BCUT2D eigenvalue weighted by Crippen LogP contribution is -2.08. The number of carbonyl (C=O) groups is 2. The van der Waals surface area contributed by atoms with Gasteiger partial charge in [0.05, 0.1) is 22.8 Å². The fourth-order valence-electron chi connectivity index (χ4n) is 2.19. The van der Waals surface area contributed by atoms with Crippen molar-refractivity contribution in [3.05, 3.63) is 89.5 Å². The highest BCUT2D eigenvalue weighted by Crippen LogP contribution is 2.16. The second kappa shape index (κ2) is 11.6. The van der Waals surface area contributed by atoms with E-state index in [1.54, 1.807) is 30.5 Å². The minimum Gasteiger partial charge on any atom is -0.478 e. The molecule has 0 saturated heterocycles. The normalized spacial score (nSPS) is 8.91. The summed E-state index contributed by atoms with van der Waals surface area (Å²) in [6.07, 6.45) is 3.03. The maximum Gasteiger partial charge on any atom is 0.343 e. The Morgan fingerprint density at radius 1 is 0.656 bits per heavy atom. The van der Waals surface area contributed by atoms with E-state index in [9.17, 15) is 9.59 Å². The van der Waals surface area contributed by atoms with Crippen LogP contribution in [0.1, 0.15) is 26.3 Å². The molecule has 0 aliphatic carbocycles. The molecule has 0 amide bonds. The number of nitrogens with zero attached hydrogens (tertiary/aromatic N) is 3. The monoisotopic (exact) mass is 427 g/mol. The van der Waals surface area contributed by atoms with Gasteiger partial charge in [-0.1, -0.05) is 0 Å². The topological polar surface area (TPSA) is 153 Å². The largest absolute Gasteiger partial charge is 0.478 e. The predicted molar refractivity (Wildman–Crippen MR) is 108 cm³/mol. The molecule has 0 unspecified atom stereocenters. The summed E-state index contributed by atoms with van der Waals surface area (Å²) in [7, 11) is 0. The van der Waals surface area contributed by atoms with Crippen LogP contribution in [0.3, 0.4) is 0 Å². The zero-order valence-electron chi connectivity index (χ0n) is 16.3. The second-order valence-corrected chi connectivity index (χ2v) is 5.77. The summed E-state index contributed by atoms with van der Waals surface area (Å²) < 4.78 is 14.2. The Kier molecular flexibility index (Phi) is 8.33. The number of carboxylic acids is 1. The minimum atomic E-state index is -1.00. The van der Waals surface area contributed by atoms with Gasteiger partial charge in [0, 0.05) is 0 Å². The first-order chi connectivity index (χ1) is 15.5. The molecule has 3 aromatic rings. The number of esters is 1. The molecule has 156 valence electrons. The Balaban J connectivity index is 0.000000258. The van der Waals surface area contributed by atoms with Crippen molar-refractivity contribution < 1.29 is 28.9 Å². The van der Waals surface area contributed by atoms with E-state index in [1.807, 2.05) is 6.07 Å². The molecule has 9 nitrogen and oxygen atoms in total. The highest BCUT2D eigenvalue weighted by Gasteiger charge is 2.09. The number of carboxylic acid groups (broad SMARTS) is 1. The first-order valence-electron chi connectivity index (χ1n) is 8.74. The molecular formula is C23H13N3O6. The second-order valence-electron chi connectivity index (χ2n) is 5.77. The van der Waals surface area contributed by atoms with Crippen molar-refractivity contribution in [3.63, 3.8) is 0 Å². The van der Waals surface area contributed by atoms with Crippen molar-refractivity contribution in [2.24, 2.45) is 0 Å². The minimum absolute atomic E-state index is 0.167. The zero-order valence-corrected chi connectivity index (χ0v) is 16.3. The molecule has 0 spiro atoms. The molecule has 0 aliphatic heterocycles. The molecule has 0 fully saturated rings. The summed E-state index contributed by atoms with van der Waals surface area (Å²) in [5.74, 6) is -0.493. The number of rotatable bonds is 5. The van der Waals surface area contributed by atoms with E-state index in [2.05, 4.69) is 9.47 Å². The Bertz CT molecular complexity index is 1200. The molecule has 0 saturated carbocycles. The van der Waals surface area contributed by atoms with E-state index < -0.39 is 11.9 Å². The number of nitriles is 3. The van der Waals surface area contributed by atoms with Gasteiger partial charge < -0.3 is 19.3 Å². The highest BCUT2D eigenvalue weighted by atomic mass is 16.5. The molecule has 1 N–H and O–H groups in total. The molecule has 0 atom stereocenters. The number of hydrogen-bond acceptors (Lipinski definition) is 8. The van der Waals surface area contributed by atoms with Crippen molar-refractivity contribution in [1.82, 2.24) is 0 Å². The lowest BCUT2D eigenvalue weighted by Gasteiger charge is -2.04. The summed E-state index contributed by atoms with van der Waals surface area (Å²) >= 11 is 0. The SMILES string of the molecule is N#COc1ccc(C(=O)O)cc1.N#COc1ccc(C(=O)Oc2ccc(C#N)cc2)cc1. The van der Waals surface area contributed by atoms with Crippen LogP contribution < -0.4 is 14.2 Å². The van der Waals surface area contributed by atoms with Gasteiger partial charge in [-0.2, -0.15) is 5.26 Å². The highest BCUT2D eigenvalue weighted by molar-refractivity contribution is 5.91. The summed E-state index contributed by atoms with van der Waals surface area (Å²) in [6, 6.07) is 19.8. The summed E-state index contributed by atoms with van der Waals surface area (Å²) in [5.41, 5.74) is 0.989. The van der Waals surface area contributed by atoms with Crippen LogP contribution in [0.25, 0.3) is 0 Å². The maximum absolute atomic E-state index is 11.8. The first-order valence-corrected chi connectivity index (χ1v) is 8.74. The standard InChI is InChI=1S/C15H8N2O3.C8H5NO3/c16-9-11-1-5-14(6-2-11)20-15(18)12-3-7-13(8-4-12)19-10-17;9-5-12-7-3-1-6(2-4-7)8(10)11/h1-8H;1-4H,(H,10,11). The van der Waals surface area contributed by atoms with Crippen molar-refractivity contribution in [3.8, 4) is 35.8 Å². The van der Waals surface area contributed by atoms with Crippen LogP contribution >= 0.6 is 0 Å². The van der Waals surface area contributed by atoms with E-state index in [-0.39, 0.29) is 5.56 Å². The van der Waals surface area contributed by atoms with Gasteiger partial charge in [-0.15, -0.1) is 10.5 Å². The molecule has 0 aliphatic rings. The number of hydrogen-bond donors (Lipinski definition) is 1. The number of ether oxygens (including phenoxy) is 3. The molecule has 0 heterocycles. The third kappa shape index (κ3) is 6.93. The van der Waals surface area contributed by atoms with E-state index in [1.165, 1.54) is 54.8 Å². The quantitative estimate of drug-likeness (QED) is 0.363. The van der Waals surface area contributed by atoms with Gasteiger partial charge >= 0.3 is 11.9 Å². The average Bonchev–Trinajstić information content (AvgIpc) is 2.81. The Morgan fingerprint density at radius 2 is 1.09 bits per heavy atom. The van der Waals surface area contributed by atoms with Crippen molar-refractivity contribution in [1.29, 1.82) is 15.8 Å². The molecule has 0 aromatic heterocycles. The molecule has 0 radical (unpaired) electrons. The maximum atomic E-state index is 11.8. The first kappa shape index (κ1) is 23.0. The molecule has 3 aromatic carbocycles. The van der Waals surface area contributed by atoms with E-state index in [0.29, 0.717) is 28.4 Å². The van der Waals surface area contributed by atoms with E-state index in [4.69, 9.17) is 25.6 Å². The molecule has 3 rings (SSSR count). The van der Waals surface area contributed by atoms with Crippen LogP contribution in [0.5, 0.6) is 17.2 Å². The molecule has 32 heavy (non-hydrogen) atoms. The lowest BCUT2D eigenvalue weighted by molar-refractivity contribution is 0.0694. The van der Waals surface area contributed by atoms with Gasteiger partial charge in [0.1, 0.15) is 17.2 Å². The van der Waals surface area contributed by atoms with Gasteiger partial charge in [-0.05, 0) is 72.8 Å². The van der Waals surface area contributed by atoms with Crippen LogP contribution in [0.4, 0.5) is 0 Å². The Morgan fingerprint density at radius 3 is 1.50 bits per heavy atom. The fraction of sp³-hybridized carbons (Fsp3) is 0. The predicted octanol–water partition coefficient (Wildman–Crippen LogP) is 3.88. The molecule has 0 bridgehead atoms. The zero-order chi connectivity index (χ0) is 23.3. The third-order valence-electron chi connectivity index (χ3n) is 3.71. The van der Waals surface area contributed by atoms with Crippen LogP contribution in [0.15, 0.2) is 72.8 Å². The average molecular weight is 427 g/mol. The van der Waals surface area contributed by atoms with Crippen molar-refractivity contribution in [2.75, 3.05) is 0 Å².